The molecule has 36 heavy (non-hydrogen) atoms. The minimum Gasteiger partial charge on any atom is -0.490 e. The molecule has 2 unspecified atom stereocenters. The number of hydrogen-bond donors (Lipinski definition) is 1. The zero-order valence-electron chi connectivity index (χ0n) is 20.4. The molecule has 0 bridgehead atoms. The smallest absolute Gasteiger partial charge is 0.273 e. The molecular formula is C29H30BF3O3. The molecule has 0 aromatic heterocycles. The summed E-state index contributed by atoms with van der Waals surface area (Å²) >= 11 is 0. The Hall–Kier alpha value is -3.03. The standard InChI is InChI=1S/C29H30BF3O3/c1-2-3-4-15-35-27-14-13-25(28(32)29(27)33)20-7-5-19(6-8-20)24-12-10-21(16-26(24)31)22-9-11-23(17-30-34)36-18-22/h2-3,5-8,10,12-14,16,22-23,30,34H,4,9,11,15,17-18H2,1H3/b3-2-. The topological polar surface area (TPSA) is 38.7 Å². The van der Waals surface area contributed by atoms with Crippen molar-refractivity contribution in [1.82, 2.24) is 0 Å². The summed E-state index contributed by atoms with van der Waals surface area (Å²) in [7, 11) is 0.107. The molecule has 1 aliphatic heterocycles. The maximum Gasteiger partial charge on any atom is 0.273 e. The van der Waals surface area contributed by atoms with Crippen molar-refractivity contribution in [3.05, 3.63) is 89.8 Å². The van der Waals surface area contributed by atoms with E-state index in [1.54, 1.807) is 36.4 Å². The van der Waals surface area contributed by atoms with Gasteiger partial charge in [-0.3, -0.25) is 0 Å². The van der Waals surface area contributed by atoms with E-state index < -0.39 is 11.6 Å². The van der Waals surface area contributed by atoms with Gasteiger partial charge in [0.05, 0.1) is 19.3 Å². The number of rotatable bonds is 9. The van der Waals surface area contributed by atoms with Gasteiger partial charge in [0.15, 0.2) is 11.6 Å². The molecule has 4 rings (SSSR count). The van der Waals surface area contributed by atoms with Crippen molar-refractivity contribution in [1.29, 1.82) is 0 Å². The fraction of sp³-hybridized carbons (Fsp3) is 0.310. The monoisotopic (exact) mass is 494 g/mol. The van der Waals surface area contributed by atoms with Gasteiger partial charge in [0.25, 0.3) is 7.48 Å². The third kappa shape index (κ3) is 6.02. The van der Waals surface area contributed by atoms with Crippen LogP contribution in [0.1, 0.15) is 37.7 Å². The van der Waals surface area contributed by atoms with Gasteiger partial charge in [-0.15, -0.1) is 0 Å². The van der Waals surface area contributed by atoms with Crippen LogP contribution in [0.4, 0.5) is 13.2 Å². The minimum absolute atomic E-state index is 0.0687. The number of ether oxygens (including phenoxy) is 2. The molecule has 0 spiro atoms. The normalized spacial score (nSPS) is 17.9. The lowest BCUT2D eigenvalue weighted by Gasteiger charge is -2.29. The maximum absolute atomic E-state index is 15.0. The molecule has 1 heterocycles. The van der Waals surface area contributed by atoms with Crippen molar-refractivity contribution in [2.75, 3.05) is 13.2 Å². The highest BCUT2D eigenvalue weighted by Gasteiger charge is 2.24. The van der Waals surface area contributed by atoms with E-state index in [2.05, 4.69) is 0 Å². The third-order valence-electron chi connectivity index (χ3n) is 6.62. The Labute approximate surface area is 210 Å². The van der Waals surface area contributed by atoms with Crippen LogP contribution in [0, 0.1) is 17.5 Å². The van der Waals surface area contributed by atoms with Gasteiger partial charge in [0.2, 0.25) is 5.82 Å². The largest absolute Gasteiger partial charge is 0.490 e. The van der Waals surface area contributed by atoms with E-state index in [-0.39, 0.29) is 43.2 Å². The molecule has 1 aliphatic rings. The molecule has 1 saturated heterocycles. The Morgan fingerprint density at radius 2 is 1.69 bits per heavy atom. The average molecular weight is 494 g/mol. The molecule has 3 aromatic rings. The summed E-state index contributed by atoms with van der Waals surface area (Å²) in [6, 6.07) is 14.9. The van der Waals surface area contributed by atoms with Gasteiger partial charge >= 0.3 is 0 Å². The van der Waals surface area contributed by atoms with Gasteiger partial charge in [-0.25, -0.2) is 8.78 Å². The van der Waals surface area contributed by atoms with Crippen molar-refractivity contribution >= 4 is 7.48 Å². The summed E-state index contributed by atoms with van der Waals surface area (Å²) in [6.45, 7) is 2.66. The molecule has 3 aromatic carbocycles. The number of allylic oxidation sites excluding steroid dienone is 1. The van der Waals surface area contributed by atoms with Crippen LogP contribution in [0.25, 0.3) is 22.3 Å². The number of benzene rings is 3. The van der Waals surface area contributed by atoms with Crippen LogP contribution in [0.5, 0.6) is 5.75 Å². The highest BCUT2D eigenvalue weighted by molar-refractivity contribution is 6.25. The fourth-order valence-corrected chi connectivity index (χ4v) is 4.56. The van der Waals surface area contributed by atoms with Crippen LogP contribution in [-0.4, -0.2) is 31.8 Å². The van der Waals surface area contributed by atoms with E-state index in [1.807, 2.05) is 25.1 Å². The third-order valence-corrected chi connectivity index (χ3v) is 6.62. The van der Waals surface area contributed by atoms with E-state index >= 15 is 4.39 Å². The number of hydrogen-bond acceptors (Lipinski definition) is 3. The Kier molecular flexibility index (Phi) is 8.89. The first-order chi connectivity index (χ1) is 17.5. The molecule has 1 N–H and O–H groups in total. The zero-order chi connectivity index (χ0) is 25.5. The first kappa shape index (κ1) is 26.0. The lowest BCUT2D eigenvalue weighted by atomic mass is 9.84. The van der Waals surface area contributed by atoms with Gasteiger partial charge in [-0.1, -0.05) is 48.6 Å². The first-order valence-corrected chi connectivity index (χ1v) is 12.4. The second kappa shape index (κ2) is 12.3. The van der Waals surface area contributed by atoms with E-state index in [9.17, 15) is 8.78 Å². The van der Waals surface area contributed by atoms with Gasteiger partial charge in [-0.05, 0) is 67.4 Å². The molecular weight excluding hydrogens is 464 g/mol. The predicted molar refractivity (Wildman–Crippen MR) is 138 cm³/mol. The van der Waals surface area contributed by atoms with Crippen LogP contribution in [0.15, 0.2) is 66.7 Å². The summed E-state index contributed by atoms with van der Waals surface area (Å²) in [4.78, 5) is 0. The molecule has 1 fully saturated rings. The lowest BCUT2D eigenvalue weighted by molar-refractivity contribution is 0.0145. The van der Waals surface area contributed by atoms with E-state index in [4.69, 9.17) is 14.5 Å². The second-order valence-corrected chi connectivity index (χ2v) is 9.00. The molecule has 0 amide bonds. The van der Waals surface area contributed by atoms with Crippen molar-refractivity contribution in [2.24, 2.45) is 0 Å². The Morgan fingerprint density at radius 1 is 0.972 bits per heavy atom. The van der Waals surface area contributed by atoms with Gasteiger partial charge in [-0.2, -0.15) is 4.39 Å². The minimum atomic E-state index is -1.02. The van der Waals surface area contributed by atoms with Gasteiger partial charge in [0.1, 0.15) is 5.82 Å². The molecule has 3 nitrogen and oxygen atoms in total. The quantitative estimate of drug-likeness (QED) is 0.202. The van der Waals surface area contributed by atoms with Crippen LogP contribution in [0.2, 0.25) is 6.32 Å². The fourth-order valence-electron chi connectivity index (χ4n) is 4.56. The highest BCUT2D eigenvalue weighted by atomic mass is 19.2. The molecule has 0 radical (unpaired) electrons. The predicted octanol–water partition coefficient (Wildman–Crippen LogP) is 6.81. The van der Waals surface area contributed by atoms with Crippen LogP contribution >= 0.6 is 0 Å². The van der Waals surface area contributed by atoms with Crippen molar-refractivity contribution in [3.63, 3.8) is 0 Å². The Morgan fingerprint density at radius 3 is 2.33 bits per heavy atom. The lowest BCUT2D eigenvalue weighted by Crippen LogP contribution is -2.25. The van der Waals surface area contributed by atoms with Crippen LogP contribution < -0.4 is 4.74 Å². The molecule has 0 saturated carbocycles. The van der Waals surface area contributed by atoms with Crippen molar-refractivity contribution < 1.29 is 27.7 Å². The van der Waals surface area contributed by atoms with Crippen LogP contribution in [-0.2, 0) is 4.74 Å². The summed E-state index contributed by atoms with van der Waals surface area (Å²) in [5.41, 5.74) is 2.59. The zero-order valence-corrected chi connectivity index (χ0v) is 20.4. The molecule has 2 atom stereocenters. The summed E-state index contributed by atoms with van der Waals surface area (Å²) < 4.78 is 55.4. The SMILES string of the molecule is C/C=C\CCOc1ccc(-c2ccc(-c3ccc(C4CCC(CBO)OC4)cc3F)cc2)c(F)c1F. The van der Waals surface area contributed by atoms with Gasteiger partial charge in [0, 0.05) is 17.0 Å². The van der Waals surface area contributed by atoms with E-state index in [1.165, 1.54) is 12.1 Å². The Bertz CT molecular complexity index is 1190. The van der Waals surface area contributed by atoms with E-state index in [0.29, 0.717) is 36.0 Å². The van der Waals surface area contributed by atoms with Crippen molar-refractivity contribution in [2.45, 2.75) is 44.5 Å². The van der Waals surface area contributed by atoms with Crippen LogP contribution in [0.3, 0.4) is 0 Å². The molecule has 7 heteroatoms. The Balaban J connectivity index is 1.46. The molecule has 188 valence electrons. The number of halogens is 3. The van der Waals surface area contributed by atoms with E-state index in [0.717, 1.165) is 18.4 Å². The summed E-state index contributed by atoms with van der Waals surface area (Å²) in [5, 5.41) is 9.07. The van der Waals surface area contributed by atoms with Crippen molar-refractivity contribution in [3.8, 4) is 28.0 Å². The second-order valence-electron chi connectivity index (χ2n) is 9.00. The highest BCUT2D eigenvalue weighted by Crippen LogP contribution is 2.34. The maximum atomic E-state index is 15.0. The summed E-state index contributed by atoms with van der Waals surface area (Å²) in [5.74, 6) is -2.33. The average Bonchev–Trinajstić information content (AvgIpc) is 2.90. The first-order valence-electron chi connectivity index (χ1n) is 12.4. The summed E-state index contributed by atoms with van der Waals surface area (Å²) in [6.07, 6.45) is 6.79. The van der Waals surface area contributed by atoms with Gasteiger partial charge < -0.3 is 14.5 Å². The molecule has 0 aliphatic carbocycles.